The molecule has 0 aromatic rings. The van der Waals surface area contributed by atoms with Crippen molar-refractivity contribution in [2.75, 3.05) is 12.4 Å². The quantitative estimate of drug-likeness (QED) is 0.431. The van der Waals surface area contributed by atoms with E-state index in [1.54, 1.807) is 0 Å². The van der Waals surface area contributed by atoms with Gasteiger partial charge in [-0.3, -0.25) is 0 Å². The molecule has 0 aliphatic carbocycles. The van der Waals surface area contributed by atoms with E-state index < -0.39 is 0 Å². The summed E-state index contributed by atoms with van der Waals surface area (Å²) in [5, 5.41) is 0. The number of hydrogen-bond donors (Lipinski definition) is 0. The standard InChI is InChI=1S/C6H14OS/c1-4-8-7-5-6(2)3/h6H,4-5H2,1-3H3. The van der Waals surface area contributed by atoms with Crippen LogP contribution in [0.1, 0.15) is 20.8 Å². The molecule has 0 rings (SSSR count). The van der Waals surface area contributed by atoms with Crippen LogP contribution in [0.3, 0.4) is 0 Å². The molecule has 0 fully saturated rings. The summed E-state index contributed by atoms with van der Waals surface area (Å²) in [6.07, 6.45) is 0. The first-order valence-electron chi connectivity index (χ1n) is 3.01. The Labute approximate surface area is 56.0 Å². The molecule has 0 aliphatic heterocycles. The van der Waals surface area contributed by atoms with E-state index in [0.29, 0.717) is 5.92 Å². The Balaban J connectivity index is 2.72. The van der Waals surface area contributed by atoms with Crippen LogP contribution in [-0.4, -0.2) is 12.4 Å². The topological polar surface area (TPSA) is 9.23 Å². The summed E-state index contributed by atoms with van der Waals surface area (Å²) in [5.74, 6) is 1.71. The van der Waals surface area contributed by atoms with Crippen LogP contribution >= 0.6 is 12.0 Å². The molecule has 8 heavy (non-hydrogen) atoms. The highest BCUT2D eigenvalue weighted by Gasteiger charge is 1.90. The minimum absolute atomic E-state index is 0.661. The SMILES string of the molecule is CCSOCC(C)C. The fourth-order valence-corrected chi connectivity index (χ4v) is 0.803. The van der Waals surface area contributed by atoms with Crippen LogP contribution in [0.4, 0.5) is 0 Å². The van der Waals surface area contributed by atoms with Gasteiger partial charge >= 0.3 is 0 Å². The van der Waals surface area contributed by atoms with Crippen LogP contribution < -0.4 is 0 Å². The van der Waals surface area contributed by atoms with Crippen molar-refractivity contribution >= 4 is 12.0 Å². The van der Waals surface area contributed by atoms with E-state index in [1.165, 1.54) is 12.0 Å². The summed E-state index contributed by atoms with van der Waals surface area (Å²) in [6, 6.07) is 0. The van der Waals surface area contributed by atoms with Gasteiger partial charge in [0.25, 0.3) is 0 Å². The van der Waals surface area contributed by atoms with Gasteiger partial charge in [-0.25, -0.2) is 0 Å². The molecular formula is C6H14OS. The first-order chi connectivity index (χ1) is 3.77. The van der Waals surface area contributed by atoms with E-state index in [4.69, 9.17) is 4.18 Å². The lowest BCUT2D eigenvalue weighted by Gasteiger charge is -2.01. The van der Waals surface area contributed by atoms with E-state index in [-0.39, 0.29) is 0 Å². The van der Waals surface area contributed by atoms with Crippen LogP contribution in [0.5, 0.6) is 0 Å². The molecule has 0 unspecified atom stereocenters. The minimum atomic E-state index is 0.661. The average molecular weight is 134 g/mol. The van der Waals surface area contributed by atoms with Crippen molar-refractivity contribution in [3.8, 4) is 0 Å². The molecule has 0 heterocycles. The van der Waals surface area contributed by atoms with Crippen molar-refractivity contribution in [2.24, 2.45) is 5.92 Å². The van der Waals surface area contributed by atoms with Gasteiger partial charge in [-0.2, -0.15) is 0 Å². The summed E-state index contributed by atoms with van der Waals surface area (Å²) in [5.41, 5.74) is 0. The Morgan fingerprint density at radius 3 is 2.50 bits per heavy atom. The van der Waals surface area contributed by atoms with Gasteiger partial charge in [-0.1, -0.05) is 20.8 Å². The fraction of sp³-hybridized carbons (Fsp3) is 1.00. The van der Waals surface area contributed by atoms with Gasteiger partial charge in [0.05, 0.1) is 6.61 Å². The normalized spacial score (nSPS) is 10.5. The van der Waals surface area contributed by atoms with E-state index in [9.17, 15) is 0 Å². The summed E-state index contributed by atoms with van der Waals surface area (Å²) in [6.45, 7) is 7.26. The van der Waals surface area contributed by atoms with E-state index in [1.807, 2.05) is 0 Å². The van der Waals surface area contributed by atoms with Crippen LogP contribution in [0, 0.1) is 5.92 Å². The lowest BCUT2D eigenvalue weighted by Crippen LogP contribution is -1.95. The third kappa shape index (κ3) is 6.31. The summed E-state index contributed by atoms with van der Waals surface area (Å²) < 4.78 is 5.16. The molecule has 50 valence electrons. The molecule has 0 saturated carbocycles. The summed E-state index contributed by atoms with van der Waals surface area (Å²) >= 11 is 1.54. The second-order valence-electron chi connectivity index (χ2n) is 2.08. The highest BCUT2D eigenvalue weighted by atomic mass is 32.2. The predicted molar refractivity (Wildman–Crippen MR) is 38.9 cm³/mol. The van der Waals surface area contributed by atoms with E-state index in [0.717, 1.165) is 12.4 Å². The summed E-state index contributed by atoms with van der Waals surface area (Å²) in [4.78, 5) is 0. The molecule has 0 amide bonds. The Hall–Kier alpha value is 0.310. The Bertz CT molecular complexity index is 45.8. The first kappa shape index (κ1) is 8.31. The third-order valence-electron chi connectivity index (χ3n) is 0.603. The first-order valence-corrected chi connectivity index (χ1v) is 3.92. The highest BCUT2D eigenvalue weighted by Crippen LogP contribution is 2.03. The van der Waals surface area contributed by atoms with Gasteiger partial charge in [-0.05, 0) is 18.0 Å². The van der Waals surface area contributed by atoms with Crippen molar-refractivity contribution in [1.82, 2.24) is 0 Å². The molecule has 2 heteroatoms. The predicted octanol–water partition coefficient (Wildman–Crippen LogP) is 2.33. The molecule has 1 nitrogen and oxygen atoms in total. The molecule has 0 bridgehead atoms. The number of rotatable bonds is 4. The zero-order valence-electron chi connectivity index (χ0n) is 5.81. The second kappa shape index (κ2) is 5.45. The zero-order chi connectivity index (χ0) is 6.41. The second-order valence-corrected chi connectivity index (χ2v) is 3.13. The van der Waals surface area contributed by atoms with Crippen molar-refractivity contribution in [3.63, 3.8) is 0 Å². The maximum Gasteiger partial charge on any atom is 0.0636 e. The highest BCUT2D eigenvalue weighted by molar-refractivity contribution is 7.94. The maximum absolute atomic E-state index is 5.16. The van der Waals surface area contributed by atoms with Crippen LogP contribution in [0.15, 0.2) is 0 Å². The zero-order valence-corrected chi connectivity index (χ0v) is 6.62. The van der Waals surface area contributed by atoms with Gasteiger partial charge < -0.3 is 4.18 Å². The molecule has 0 radical (unpaired) electrons. The molecule has 0 aromatic carbocycles. The van der Waals surface area contributed by atoms with Gasteiger partial charge in [0.1, 0.15) is 0 Å². The third-order valence-corrected chi connectivity index (χ3v) is 1.14. The molecule has 0 spiro atoms. The Morgan fingerprint density at radius 2 is 2.12 bits per heavy atom. The minimum Gasteiger partial charge on any atom is -0.315 e. The van der Waals surface area contributed by atoms with Crippen molar-refractivity contribution in [2.45, 2.75) is 20.8 Å². The van der Waals surface area contributed by atoms with Gasteiger partial charge in [0.15, 0.2) is 0 Å². The van der Waals surface area contributed by atoms with Crippen LogP contribution in [0.25, 0.3) is 0 Å². The van der Waals surface area contributed by atoms with Crippen molar-refractivity contribution < 1.29 is 4.18 Å². The Kier molecular flexibility index (Phi) is 5.66. The molecule has 0 saturated heterocycles. The maximum atomic E-state index is 5.16. The van der Waals surface area contributed by atoms with Crippen molar-refractivity contribution in [3.05, 3.63) is 0 Å². The van der Waals surface area contributed by atoms with E-state index >= 15 is 0 Å². The number of hydrogen-bond acceptors (Lipinski definition) is 2. The van der Waals surface area contributed by atoms with E-state index in [2.05, 4.69) is 20.8 Å². The lowest BCUT2D eigenvalue weighted by molar-refractivity contribution is 0.316. The average Bonchev–Trinajstić information content (AvgIpc) is 1.66. The fourth-order valence-electron chi connectivity index (χ4n) is 0.268. The molecular weight excluding hydrogens is 120 g/mol. The monoisotopic (exact) mass is 134 g/mol. The molecule has 0 atom stereocenters. The van der Waals surface area contributed by atoms with Gasteiger partial charge in [-0.15, -0.1) is 0 Å². The summed E-state index contributed by atoms with van der Waals surface area (Å²) in [7, 11) is 0. The van der Waals surface area contributed by atoms with Crippen LogP contribution in [0.2, 0.25) is 0 Å². The largest absolute Gasteiger partial charge is 0.315 e. The molecule has 0 aromatic heterocycles. The van der Waals surface area contributed by atoms with Crippen molar-refractivity contribution in [1.29, 1.82) is 0 Å². The van der Waals surface area contributed by atoms with Gasteiger partial charge in [0, 0.05) is 5.75 Å². The Morgan fingerprint density at radius 1 is 1.50 bits per heavy atom. The van der Waals surface area contributed by atoms with Gasteiger partial charge in [0.2, 0.25) is 0 Å². The smallest absolute Gasteiger partial charge is 0.0636 e. The molecule has 0 aliphatic rings. The molecule has 0 N–H and O–H groups in total. The lowest BCUT2D eigenvalue weighted by atomic mass is 10.2. The van der Waals surface area contributed by atoms with Crippen LogP contribution in [-0.2, 0) is 4.18 Å².